The van der Waals surface area contributed by atoms with Crippen molar-refractivity contribution in [2.45, 2.75) is 64.3 Å². The van der Waals surface area contributed by atoms with Gasteiger partial charge in [-0.3, -0.25) is 4.55 Å². The lowest BCUT2D eigenvalue weighted by atomic mass is 9.95. The van der Waals surface area contributed by atoms with Crippen molar-refractivity contribution in [1.82, 2.24) is 4.90 Å². The smallest absolute Gasteiger partial charge is 0.303 e. The minimum Gasteiger partial charge on any atom is -0.303 e. The maximum absolute atomic E-state index is 10.7. The molecule has 0 aromatic rings. The fraction of sp³-hybridized carbons (Fsp3) is 1.00. The van der Waals surface area contributed by atoms with E-state index in [1.165, 1.54) is 64.6 Å². The highest BCUT2D eigenvalue weighted by Gasteiger charge is 2.44. The predicted molar refractivity (Wildman–Crippen MR) is 81.2 cm³/mol. The molecule has 1 fully saturated rings. The minimum atomic E-state index is -5.84. The maximum Gasteiger partial charge on any atom is 0.522 e. The van der Waals surface area contributed by atoms with Gasteiger partial charge in [0.25, 0.3) is 0 Å². The van der Waals surface area contributed by atoms with E-state index in [1.54, 1.807) is 0 Å². The Bertz CT molecular complexity index is 385. The van der Waals surface area contributed by atoms with Crippen molar-refractivity contribution >= 4 is 10.1 Å². The molecule has 1 N–H and O–H groups in total. The normalized spacial score (nSPS) is 20.4. The summed E-state index contributed by atoms with van der Waals surface area (Å²) >= 11 is 0. The lowest BCUT2D eigenvalue weighted by molar-refractivity contribution is -0.0510. The first kappa shape index (κ1) is 21.7. The predicted octanol–water partition coefficient (Wildman–Crippen LogP) is 4.08. The number of halogens is 3. The third-order valence-electron chi connectivity index (χ3n) is 3.80. The molecule has 1 aliphatic heterocycles. The standard InChI is InChI=1S/C13H27N.CHF3O3S/c1-3-5-6-7-10-14-11-8-9-13(4-2)12-14;2-1(3,4)8(5,6)7/h13H,3-12H2,1-2H3;(H,5,6,7). The van der Waals surface area contributed by atoms with Crippen molar-refractivity contribution in [3.05, 3.63) is 0 Å². The average molecular weight is 347 g/mol. The van der Waals surface area contributed by atoms with Crippen molar-refractivity contribution in [3.8, 4) is 0 Å². The van der Waals surface area contributed by atoms with E-state index in [1.807, 2.05) is 0 Å². The molecule has 0 spiro atoms. The summed E-state index contributed by atoms with van der Waals surface area (Å²) in [4.78, 5) is 2.69. The topological polar surface area (TPSA) is 57.6 Å². The molecule has 22 heavy (non-hydrogen) atoms. The maximum atomic E-state index is 10.7. The molecule has 8 heteroatoms. The lowest BCUT2D eigenvalue weighted by Gasteiger charge is -2.32. The van der Waals surface area contributed by atoms with Gasteiger partial charge in [-0.2, -0.15) is 21.6 Å². The van der Waals surface area contributed by atoms with Crippen LogP contribution in [0.3, 0.4) is 0 Å². The van der Waals surface area contributed by atoms with Crippen LogP contribution in [-0.2, 0) is 10.1 Å². The first-order valence-electron chi connectivity index (χ1n) is 7.87. The third kappa shape index (κ3) is 9.63. The summed E-state index contributed by atoms with van der Waals surface area (Å²) in [6.45, 7) is 8.72. The van der Waals surface area contributed by atoms with Gasteiger partial charge in [0.05, 0.1) is 0 Å². The van der Waals surface area contributed by atoms with Crippen LogP contribution >= 0.6 is 0 Å². The van der Waals surface area contributed by atoms with Crippen molar-refractivity contribution < 1.29 is 26.1 Å². The van der Waals surface area contributed by atoms with E-state index < -0.39 is 15.6 Å². The van der Waals surface area contributed by atoms with Crippen LogP contribution in [0.5, 0.6) is 0 Å². The Morgan fingerprint density at radius 3 is 2.23 bits per heavy atom. The Hall–Kier alpha value is -0.340. The van der Waals surface area contributed by atoms with E-state index in [2.05, 4.69) is 18.7 Å². The van der Waals surface area contributed by atoms with Crippen molar-refractivity contribution in [3.63, 3.8) is 0 Å². The van der Waals surface area contributed by atoms with Gasteiger partial charge >= 0.3 is 15.6 Å². The zero-order valence-corrected chi connectivity index (χ0v) is 14.2. The Morgan fingerprint density at radius 1 is 1.18 bits per heavy atom. The van der Waals surface area contributed by atoms with Crippen molar-refractivity contribution in [2.24, 2.45) is 5.92 Å². The summed E-state index contributed by atoms with van der Waals surface area (Å²) in [5.74, 6) is 0.995. The molecular formula is C14H28F3NO3S. The number of piperidine rings is 1. The van der Waals surface area contributed by atoms with E-state index in [9.17, 15) is 13.2 Å². The van der Waals surface area contributed by atoms with Crippen LogP contribution in [0.1, 0.15) is 58.8 Å². The van der Waals surface area contributed by atoms with Crippen LogP contribution in [0.25, 0.3) is 0 Å². The van der Waals surface area contributed by atoms with E-state index in [0.717, 1.165) is 5.92 Å². The highest BCUT2D eigenvalue weighted by Crippen LogP contribution is 2.20. The molecule has 0 bridgehead atoms. The Kier molecular flexibility index (Phi) is 10.3. The van der Waals surface area contributed by atoms with Crippen LogP contribution in [0.2, 0.25) is 0 Å². The highest BCUT2D eigenvalue weighted by atomic mass is 32.2. The highest BCUT2D eigenvalue weighted by molar-refractivity contribution is 7.86. The number of hydrogen-bond acceptors (Lipinski definition) is 3. The van der Waals surface area contributed by atoms with Crippen LogP contribution in [0.15, 0.2) is 0 Å². The van der Waals surface area contributed by atoms with E-state index >= 15 is 0 Å². The van der Waals surface area contributed by atoms with Gasteiger partial charge in [0.15, 0.2) is 0 Å². The summed E-state index contributed by atoms with van der Waals surface area (Å²) in [7, 11) is -5.84. The first-order chi connectivity index (χ1) is 10.1. The number of nitrogens with zero attached hydrogens (tertiary/aromatic N) is 1. The largest absolute Gasteiger partial charge is 0.522 e. The molecule has 0 radical (unpaired) electrons. The fourth-order valence-electron chi connectivity index (χ4n) is 2.45. The number of rotatable bonds is 6. The summed E-state index contributed by atoms with van der Waals surface area (Å²) in [6.07, 6.45) is 9.93. The monoisotopic (exact) mass is 347 g/mol. The molecule has 0 aromatic heterocycles. The van der Waals surface area contributed by atoms with Gasteiger partial charge in [0, 0.05) is 6.54 Å². The molecule has 1 unspecified atom stereocenters. The van der Waals surface area contributed by atoms with Gasteiger partial charge in [-0.15, -0.1) is 0 Å². The summed E-state index contributed by atoms with van der Waals surface area (Å²) in [5.41, 5.74) is -5.53. The summed E-state index contributed by atoms with van der Waals surface area (Å²) < 4.78 is 57.5. The quantitative estimate of drug-likeness (QED) is 0.447. The molecule has 1 atom stereocenters. The van der Waals surface area contributed by atoms with Gasteiger partial charge in [0.1, 0.15) is 0 Å². The van der Waals surface area contributed by atoms with Crippen molar-refractivity contribution in [2.75, 3.05) is 19.6 Å². The minimum absolute atomic E-state index is 0.995. The number of unbranched alkanes of at least 4 members (excludes halogenated alkanes) is 3. The van der Waals surface area contributed by atoms with Crippen LogP contribution in [0, 0.1) is 5.92 Å². The second-order valence-corrected chi connectivity index (χ2v) is 7.11. The van der Waals surface area contributed by atoms with Crippen molar-refractivity contribution in [1.29, 1.82) is 0 Å². The third-order valence-corrected chi connectivity index (χ3v) is 4.39. The van der Waals surface area contributed by atoms with Crippen LogP contribution in [0.4, 0.5) is 13.2 Å². The Balaban J connectivity index is 0.000000472. The summed E-state index contributed by atoms with van der Waals surface area (Å²) in [5, 5.41) is 0. The fourth-order valence-corrected chi connectivity index (χ4v) is 2.45. The molecule has 134 valence electrons. The molecule has 0 saturated carbocycles. The number of alkyl halides is 3. The molecular weight excluding hydrogens is 319 g/mol. The molecule has 0 aliphatic carbocycles. The van der Waals surface area contributed by atoms with Gasteiger partial charge in [-0.25, -0.2) is 0 Å². The van der Waals surface area contributed by atoms with E-state index in [0.29, 0.717) is 0 Å². The zero-order chi connectivity index (χ0) is 17.2. The Labute approximate surface area is 131 Å². The summed E-state index contributed by atoms with van der Waals surface area (Å²) in [6, 6.07) is 0. The van der Waals surface area contributed by atoms with Crippen LogP contribution in [-0.4, -0.2) is 43.0 Å². The van der Waals surface area contributed by atoms with Gasteiger partial charge < -0.3 is 4.90 Å². The molecule has 1 heterocycles. The molecule has 0 aromatic carbocycles. The average Bonchev–Trinajstić information content (AvgIpc) is 2.42. The molecule has 0 amide bonds. The van der Waals surface area contributed by atoms with Gasteiger partial charge in [-0.1, -0.05) is 39.5 Å². The lowest BCUT2D eigenvalue weighted by Crippen LogP contribution is -2.35. The second-order valence-electron chi connectivity index (χ2n) is 5.70. The molecule has 1 saturated heterocycles. The molecule has 4 nitrogen and oxygen atoms in total. The van der Waals surface area contributed by atoms with Gasteiger partial charge in [0.2, 0.25) is 0 Å². The Morgan fingerprint density at radius 2 is 1.77 bits per heavy atom. The zero-order valence-electron chi connectivity index (χ0n) is 13.4. The van der Waals surface area contributed by atoms with E-state index in [4.69, 9.17) is 13.0 Å². The number of likely N-dealkylation sites (tertiary alicyclic amines) is 1. The van der Waals surface area contributed by atoms with Gasteiger partial charge in [-0.05, 0) is 38.3 Å². The second kappa shape index (κ2) is 10.4. The number of hydrogen-bond donors (Lipinski definition) is 1. The molecule has 1 rings (SSSR count). The van der Waals surface area contributed by atoms with Crippen LogP contribution < -0.4 is 0 Å². The molecule has 1 aliphatic rings. The first-order valence-corrected chi connectivity index (χ1v) is 9.31. The SMILES string of the molecule is CCCCCCN1CCCC(CC)C1.O=S(=O)(O)C(F)(F)F. The van der Waals surface area contributed by atoms with E-state index in [-0.39, 0.29) is 0 Å².